The summed E-state index contributed by atoms with van der Waals surface area (Å²) < 4.78 is 16.4. The second-order valence-corrected chi connectivity index (χ2v) is 5.22. The maximum absolute atomic E-state index is 13.3. The van der Waals surface area contributed by atoms with E-state index in [9.17, 15) is 9.18 Å². The Morgan fingerprint density at radius 3 is 2.84 bits per heavy atom. The molecule has 4 nitrogen and oxygen atoms in total. The van der Waals surface area contributed by atoms with Crippen molar-refractivity contribution in [2.75, 3.05) is 0 Å². The summed E-state index contributed by atoms with van der Waals surface area (Å²) in [6, 6.07) is 7.37. The van der Waals surface area contributed by atoms with Gasteiger partial charge in [0.1, 0.15) is 11.3 Å². The van der Waals surface area contributed by atoms with Crippen molar-refractivity contribution in [2.45, 2.75) is 0 Å². The van der Waals surface area contributed by atoms with Gasteiger partial charge < -0.3 is 0 Å². The zero-order chi connectivity index (χ0) is 13.6. The summed E-state index contributed by atoms with van der Waals surface area (Å²) >= 11 is 7.89. The van der Waals surface area contributed by atoms with Gasteiger partial charge in [-0.3, -0.25) is 9.36 Å². The fourth-order valence-electron chi connectivity index (χ4n) is 1.84. The highest BCUT2D eigenvalue weighted by Gasteiger charge is 2.14. The van der Waals surface area contributed by atoms with Crippen molar-refractivity contribution in [1.82, 2.24) is 14.2 Å². The molecule has 7 heteroatoms. The van der Waals surface area contributed by atoms with Gasteiger partial charge in [0.2, 0.25) is 0 Å². The minimum absolute atomic E-state index is 0.270. The molecule has 0 saturated carbocycles. The van der Waals surface area contributed by atoms with Gasteiger partial charge in [-0.15, -0.1) is 5.10 Å². The van der Waals surface area contributed by atoms with E-state index in [2.05, 4.69) is 5.10 Å². The van der Waals surface area contributed by atoms with Gasteiger partial charge in [0.25, 0.3) is 5.56 Å². The summed E-state index contributed by atoms with van der Waals surface area (Å²) in [6.07, 6.45) is 1.61. The highest BCUT2D eigenvalue weighted by atomic mass is 127. The summed E-state index contributed by atoms with van der Waals surface area (Å²) in [7, 11) is 0. The predicted molar refractivity (Wildman–Crippen MR) is 78.5 cm³/mol. The quantitative estimate of drug-likeness (QED) is 0.601. The minimum atomic E-state index is -0.415. The van der Waals surface area contributed by atoms with Crippen LogP contribution in [0.3, 0.4) is 0 Å². The Kier molecular flexibility index (Phi) is 3.06. The Bertz CT molecular complexity index is 843. The lowest BCUT2D eigenvalue weighted by molar-refractivity contribution is 0.625. The second kappa shape index (κ2) is 4.61. The molecule has 96 valence electrons. The molecule has 0 atom stereocenters. The van der Waals surface area contributed by atoms with Gasteiger partial charge in [0.05, 0.1) is 10.7 Å². The van der Waals surface area contributed by atoms with E-state index in [0.717, 1.165) is 0 Å². The molecular formula is C12H6ClFIN3O. The standard InChI is InChI=1S/C12H6ClFIN3O/c13-9-4-5-17-10(9)11(19)18(12(15)16-17)8-3-1-2-7(14)6-8/h1-6H. The zero-order valence-corrected chi connectivity index (χ0v) is 12.3. The number of nitrogens with zero attached hydrogens (tertiary/aromatic N) is 3. The third-order valence-corrected chi connectivity index (χ3v) is 3.67. The second-order valence-electron chi connectivity index (χ2n) is 3.85. The Morgan fingerprint density at radius 1 is 1.32 bits per heavy atom. The third-order valence-electron chi connectivity index (χ3n) is 2.66. The van der Waals surface area contributed by atoms with Crippen LogP contribution in [0.5, 0.6) is 0 Å². The van der Waals surface area contributed by atoms with Crippen molar-refractivity contribution >= 4 is 39.7 Å². The van der Waals surface area contributed by atoms with E-state index in [1.807, 2.05) is 22.6 Å². The number of aromatic nitrogens is 3. The van der Waals surface area contributed by atoms with Crippen molar-refractivity contribution < 1.29 is 4.39 Å². The van der Waals surface area contributed by atoms with Crippen molar-refractivity contribution in [3.05, 3.63) is 61.6 Å². The molecule has 1 aromatic carbocycles. The van der Waals surface area contributed by atoms with Gasteiger partial charge in [-0.2, -0.15) is 0 Å². The molecule has 19 heavy (non-hydrogen) atoms. The van der Waals surface area contributed by atoms with Crippen molar-refractivity contribution in [3.63, 3.8) is 0 Å². The van der Waals surface area contributed by atoms with Crippen molar-refractivity contribution in [1.29, 1.82) is 0 Å². The van der Waals surface area contributed by atoms with Crippen LogP contribution in [0.4, 0.5) is 4.39 Å². The maximum Gasteiger partial charge on any atom is 0.284 e. The molecule has 2 aromatic heterocycles. The Hall–Kier alpha value is -1.41. The van der Waals surface area contributed by atoms with Crippen LogP contribution in [-0.4, -0.2) is 14.2 Å². The molecule has 0 aliphatic rings. The normalized spacial score (nSPS) is 11.1. The fraction of sp³-hybridized carbons (Fsp3) is 0. The zero-order valence-electron chi connectivity index (χ0n) is 9.35. The topological polar surface area (TPSA) is 39.3 Å². The van der Waals surface area contributed by atoms with E-state index in [1.54, 1.807) is 18.3 Å². The van der Waals surface area contributed by atoms with E-state index in [-0.39, 0.29) is 11.1 Å². The summed E-state index contributed by atoms with van der Waals surface area (Å²) in [6.45, 7) is 0. The smallest absolute Gasteiger partial charge is 0.266 e. The van der Waals surface area contributed by atoms with E-state index in [0.29, 0.717) is 14.5 Å². The van der Waals surface area contributed by atoms with Gasteiger partial charge in [-0.05, 0) is 24.3 Å². The third kappa shape index (κ3) is 2.04. The first-order valence-electron chi connectivity index (χ1n) is 5.29. The molecule has 0 spiro atoms. The maximum atomic E-state index is 13.3. The first-order chi connectivity index (χ1) is 9.08. The van der Waals surface area contributed by atoms with Crippen LogP contribution in [0, 0.1) is 9.65 Å². The lowest BCUT2D eigenvalue weighted by Gasteiger charge is -2.08. The first-order valence-corrected chi connectivity index (χ1v) is 6.75. The molecule has 0 radical (unpaired) electrons. The van der Waals surface area contributed by atoms with Gasteiger partial charge in [-0.1, -0.05) is 17.7 Å². The van der Waals surface area contributed by atoms with Crippen molar-refractivity contribution in [3.8, 4) is 5.69 Å². The highest BCUT2D eigenvalue weighted by Crippen LogP contribution is 2.17. The molecule has 0 N–H and O–H groups in total. The van der Waals surface area contributed by atoms with Crippen LogP contribution in [0.2, 0.25) is 5.02 Å². The molecule has 0 aliphatic heterocycles. The van der Waals surface area contributed by atoms with Crippen LogP contribution in [0.15, 0.2) is 41.3 Å². The highest BCUT2D eigenvalue weighted by molar-refractivity contribution is 14.1. The molecule has 0 aliphatic carbocycles. The molecular weight excluding hydrogens is 384 g/mol. The molecule has 0 amide bonds. The average molecular weight is 390 g/mol. The van der Waals surface area contributed by atoms with Gasteiger partial charge in [0, 0.05) is 28.8 Å². The molecule has 0 unspecified atom stereocenters. The SMILES string of the molecule is O=c1c2c(Cl)ccn2nc(I)n1-c1cccc(F)c1. The largest absolute Gasteiger partial charge is 0.284 e. The predicted octanol–water partition coefficient (Wildman–Crippen LogP) is 2.88. The van der Waals surface area contributed by atoms with E-state index < -0.39 is 5.82 Å². The van der Waals surface area contributed by atoms with E-state index in [4.69, 9.17) is 11.6 Å². The summed E-state index contributed by atoms with van der Waals surface area (Å²) in [5.74, 6) is -0.415. The van der Waals surface area contributed by atoms with Crippen LogP contribution >= 0.6 is 34.2 Å². The summed E-state index contributed by atoms with van der Waals surface area (Å²) in [5, 5.41) is 4.54. The molecule has 3 aromatic rings. The van der Waals surface area contributed by atoms with E-state index >= 15 is 0 Å². The Morgan fingerprint density at radius 2 is 2.11 bits per heavy atom. The summed E-state index contributed by atoms with van der Waals surface area (Å²) in [5.41, 5.74) is 0.355. The number of halogens is 3. The monoisotopic (exact) mass is 389 g/mol. The van der Waals surface area contributed by atoms with Gasteiger partial charge >= 0.3 is 0 Å². The minimum Gasteiger partial charge on any atom is -0.266 e. The fourth-order valence-corrected chi connectivity index (χ4v) is 2.80. The van der Waals surface area contributed by atoms with Crippen LogP contribution in [0.1, 0.15) is 0 Å². The number of rotatable bonds is 1. The Balaban J connectivity index is 2.41. The molecule has 0 bridgehead atoms. The summed E-state index contributed by atoms with van der Waals surface area (Å²) in [4.78, 5) is 12.4. The van der Waals surface area contributed by atoms with Crippen LogP contribution in [0.25, 0.3) is 11.2 Å². The molecule has 2 heterocycles. The average Bonchev–Trinajstić information content (AvgIpc) is 2.71. The molecule has 3 rings (SSSR count). The van der Waals surface area contributed by atoms with Crippen LogP contribution in [-0.2, 0) is 0 Å². The van der Waals surface area contributed by atoms with E-state index in [1.165, 1.54) is 27.3 Å². The number of fused-ring (bicyclic) bond motifs is 1. The number of hydrogen-bond donors (Lipinski definition) is 0. The van der Waals surface area contributed by atoms with Crippen LogP contribution < -0.4 is 5.56 Å². The number of benzene rings is 1. The lowest BCUT2D eigenvalue weighted by atomic mass is 10.3. The molecule has 0 saturated heterocycles. The van der Waals surface area contributed by atoms with Gasteiger partial charge in [0.15, 0.2) is 3.83 Å². The van der Waals surface area contributed by atoms with Crippen molar-refractivity contribution in [2.24, 2.45) is 0 Å². The first kappa shape index (κ1) is 12.6. The Labute approximate surface area is 125 Å². The number of hydrogen-bond acceptors (Lipinski definition) is 2. The molecule has 0 fully saturated rings. The lowest BCUT2D eigenvalue weighted by Crippen LogP contribution is -2.25. The van der Waals surface area contributed by atoms with Gasteiger partial charge in [-0.25, -0.2) is 8.91 Å².